The second kappa shape index (κ2) is 7.32. The van der Waals surface area contributed by atoms with Gasteiger partial charge in [0.25, 0.3) is 5.91 Å². The molecule has 0 saturated heterocycles. The zero-order valence-electron chi connectivity index (χ0n) is 10.9. The molecule has 104 valence electrons. The topological polar surface area (TPSA) is 69.6 Å². The normalized spacial score (nSPS) is 10.1. The molecule has 0 atom stereocenters. The number of benzene rings is 1. The summed E-state index contributed by atoms with van der Waals surface area (Å²) < 4.78 is 0.857. The molecule has 0 saturated carbocycles. The quantitative estimate of drug-likeness (QED) is 0.767. The summed E-state index contributed by atoms with van der Waals surface area (Å²) in [5.74, 6) is -0.628. The van der Waals surface area contributed by atoms with Gasteiger partial charge in [0.2, 0.25) is 5.91 Å². The zero-order valence-corrected chi connectivity index (χ0v) is 13.1. The predicted molar refractivity (Wildman–Crippen MR) is 81.1 cm³/mol. The highest BCUT2D eigenvalue weighted by Crippen LogP contribution is 2.21. The molecule has 2 amide bonds. The lowest BCUT2D eigenvalue weighted by Crippen LogP contribution is -2.40. The van der Waals surface area contributed by atoms with Crippen molar-refractivity contribution in [2.75, 3.05) is 20.1 Å². The van der Waals surface area contributed by atoms with Crippen LogP contribution in [-0.4, -0.2) is 42.0 Å². The molecule has 6 heteroatoms. The summed E-state index contributed by atoms with van der Waals surface area (Å²) in [5.41, 5.74) is 0.226. The van der Waals surface area contributed by atoms with E-state index in [9.17, 15) is 14.7 Å². The van der Waals surface area contributed by atoms with Crippen molar-refractivity contribution in [2.45, 2.75) is 13.3 Å². The first-order valence-corrected chi connectivity index (χ1v) is 7.05. The Morgan fingerprint density at radius 2 is 2.11 bits per heavy atom. The average molecular weight is 376 g/mol. The number of phenolic OH excluding ortho intramolecular Hbond substituents is 1. The number of carbonyl (C=O) groups excluding carboxylic acids is 2. The molecule has 0 aliphatic rings. The van der Waals surface area contributed by atoms with Crippen molar-refractivity contribution in [1.29, 1.82) is 0 Å². The van der Waals surface area contributed by atoms with E-state index in [1.54, 1.807) is 12.1 Å². The molecule has 0 bridgehead atoms. The van der Waals surface area contributed by atoms with Gasteiger partial charge in [-0.25, -0.2) is 0 Å². The van der Waals surface area contributed by atoms with Gasteiger partial charge in [0.15, 0.2) is 0 Å². The number of rotatable bonds is 5. The molecule has 1 rings (SSSR count). The molecule has 0 spiro atoms. The summed E-state index contributed by atoms with van der Waals surface area (Å²) in [5, 5.41) is 12.3. The Morgan fingerprint density at radius 1 is 1.42 bits per heavy atom. The summed E-state index contributed by atoms with van der Waals surface area (Å²) in [6.07, 6.45) is 0.743. The van der Waals surface area contributed by atoms with Gasteiger partial charge >= 0.3 is 0 Å². The van der Waals surface area contributed by atoms with Crippen LogP contribution in [0.4, 0.5) is 0 Å². The number of hydrogen-bond acceptors (Lipinski definition) is 3. The highest BCUT2D eigenvalue weighted by molar-refractivity contribution is 14.1. The minimum absolute atomic E-state index is 0.00587. The first-order valence-electron chi connectivity index (χ1n) is 5.98. The van der Waals surface area contributed by atoms with Gasteiger partial charge in [0.05, 0.1) is 12.1 Å². The average Bonchev–Trinajstić information content (AvgIpc) is 2.40. The van der Waals surface area contributed by atoms with Gasteiger partial charge < -0.3 is 15.3 Å². The van der Waals surface area contributed by atoms with E-state index < -0.39 is 0 Å². The van der Waals surface area contributed by atoms with E-state index >= 15 is 0 Å². The number of nitrogens with zero attached hydrogens (tertiary/aromatic N) is 1. The number of phenols is 1. The second-order valence-electron chi connectivity index (χ2n) is 4.06. The van der Waals surface area contributed by atoms with E-state index in [1.165, 1.54) is 18.0 Å². The first-order chi connectivity index (χ1) is 8.99. The number of hydrogen-bond donors (Lipinski definition) is 2. The van der Waals surface area contributed by atoms with E-state index in [4.69, 9.17) is 0 Å². The number of halogens is 1. The van der Waals surface area contributed by atoms with E-state index in [-0.39, 0.29) is 29.7 Å². The highest BCUT2D eigenvalue weighted by Gasteiger charge is 2.20. The number of aromatic hydroxyl groups is 1. The van der Waals surface area contributed by atoms with Gasteiger partial charge in [-0.2, -0.15) is 0 Å². The van der Waals surface area contributed by atoms with E-state index in [0.29, 0.717) is 6.54 Å². The van der Waals surface area contributed by atoms with Crippen LogP contribution >= 0.6 is 22.6 Å². The van der Waals surface area contributed by atoms with E-state index in [1.807, 2.05) is 6.92 Å². The highest BCUT2D eigenvalue weighted by atomic mass is 127. The lowest BCUT2D eigenvalue weighted by atomic mass is 10.1. The van der Waals surface area contributed by atoms with Crippen molar-refractivity contribution in [3.05, 3.63) is 27.3 Å². The lowest BCUT2D eigenvalue weighted by Gasteiger charge is -2.21. The molecule has 0 aliphatic carbocycles. The van der Waals surface area contributed by atoms with Crippen LogP contribution in [0.15, 0.2) is 18.2 Å². The number of amides is 2. The Kier molecular flexibility index (Phi) is 6.07. The predicted octanol–water partition coefficient (Wildman–Crippen LogP) is 1.59. The molecule has 19 heavy (non-hydrogen) atoms. The molecular weight excluding hydrogens is 359 g/mol. The molecule has 0 heterocycles. The smallest absolute Gasteiger partial charge is 0.258 e. The Morgan fingerprint density at radius 3 is 2.68 bits per heavy atom. The Hall–Kier alpha value is -1.31. The molecule has 0 aromatic heterocycles. The monoisotopic (exact) mass is 376 g/mol. The van der Waals surface area contributed by atoms with Crippen LogP contribution in [0.3, 0.4) is 0 Å². The summed E-state index contributed by atoms with van der Waals surface area (Å²) in [7, 11) is 1.53. The third-order valence-corrected chi connectivity index (χ3v) is 3.25. The van der Waals surface area contributed by atoms with Crippen molar-refractivity contribution in [3.63, 3.8) is 0 Å². The Bertz CT molecular complexity index is 477. The van der Waals surface area contributed by atoms with Crippen molar-refractivity contribution in [3.8, 4) is 5.75 Å². The fourth-order valence-electron chi connectivity index (χ4n) is 1.62. The number of nitrogens with one attached hydrogen (secondary N) is 1. The van der Waals surface area contributed by atoms with Crippen LogP contribution in [0.5, 0.6) is 5.75 Å². The first kappa shape index (κ1) is 15.7. The van der Waals surface area contributed by atoms with Crippen LogP contribution in [-0.2, 0) is 4.79 Å². The standard InChI is InChI=1S/C13H17IN2O3/c1-3-6-16(8-12(18)15-2)13(19)10-7-9(14)4-5-11(10)17/h4-5,7,17H,3,6,8H2,1-2H3,(H,15,18). The van der Waals surface area contributed by atoms with Crippen LogP contribution in [0.2, 0.25) is 0 Å². The molecule has 0 aliphatic heterocycles. The van der Waals surface area contributed by atoms with Crippen molar-refractivity contribution >= 4 is 34.4 Å². The van der Waals surface area contributed by atoms with Crippen molar-refractivity contribution in [2.24, 2.45) is 0 Å². The molecule has 5 nitrogen and oxygen atoms in total. The van der Waals surface area contributed by atoms with Crippen LogP contribution < -0.4 is 5.32 Å². The Labute approximate surface area is 126 Å². The van der Waals surface area contributed by atoms with Gasteiger partial charge in [-0.3, -0.25) is 9.59 Å². The molecule has 2 N–H and O–H groups in total. The summed E-state index contributed by atoms with van der Waals surface area (Å²) in [4.78, 5) is 25.2. The van der Waals surface area contributed by atoms with Gasteiger partial charge in [-0.15, -0.1) is 0 Å². The summed E-state index contributed by atoms with van der Waals surface area (Å²) in [6, 6.07) is 4.82. The third-order valence-electron chi connectivity index (χ3n) is 2.58. The number of likely N-dealkylation sites (N-methyl/N-ethyl adjacent to an activating group) is 1. The minimum atomic E-state index is -0.332. The molecule has 0 radical (unpaired) electrons. The minimum Gasteiger partial charge on any atom is -0.507 e. The van der Waals surface area contributed by atoms with E-state index in [2.05, 4.69) is 27.9 Å². The van der Waals surface area contributed by atoms with Crippen molar-refractivity contribution < 1.29 is 14.7 Å². The van der Waals surface area contributed by atoms with Crippen LogP contribution in [0.25, 0.3) is 0 Å². The largest absolute Gasteiger partial charge is 0.507 e. The van der Waals surface area contributed by atoms with Crippen LogP contribution in [0.1, 0.15) is 23.7 Å². The summed E-state index contributed by atoms with van der Waals surface area (Å²) >= 11 is 2.07. The maximum absolute atomic E-state index is 12.3. The summed E-state index contributed by atoms with van der Waals surface area (Å²) in [6.45, 7) is 2.39. The fraction of sp³-hybridized carbons (Fsp3) is 0.385. The molecule has 1 aromatic rings. The van der Waals surface area contributed by atoms with E-state index in [0.717, 1.165) is 9.99 Å². The maximum Gasteiger partial charge on any atom is 0.258 e. The molecule has 1 aromatic carbocycles. The SMILES string of the molecule is CCCN(CC(=O)NC)C(=O)c1cc(I)ccc1O. The van der Waals surface area contributed by atoms with Gasteiger partial charge in [0, 0.05) is 17.2 Å². The number of carbonyl (C=O) groups is 2. The maximum atomic E-state index is 12.3. The molecule has 0 unspecified atom stereocenters. The van der Waals surface area contributed by atoms with Gasteiger partial charge in [-0.05, 0) is 47.2 Å². The van der Waals surface area contributed by atoms with Crippen LogP contribution in [0, 0.1) is 3.57 Å². The third kappa shape index (κ3) is 4.38. The Balaban J connectivity index is 2.98. The fourth-order valence-corrected chi connectivity index (χ4v) is 2.12. The lowest BCUT2D eigenvalue weighted by molar-refractivity contribution is -0.121. The van der Waals surface area contributed by atoms with Gasteiger partial charge in [-0.1, -0.05) is 6.92 Å². The molecule has 0 fully saturated rings. The van der Waals surface area contributed by atoms with Crippen molar-refractivity contribution in [1.82, 2.24) is 10.2 Å². The molecular formula is C13H17IN2O3. The van der Waals surface area contributed by atoms with Gasteiger partial charge in [0.1, 0.15) is 5.75 Å². The second-order valence-corrected chi connectivity index (χ2v) is 5.31. The zero-order chi connectivity index (χ0) is 14.4.